The third-order valence-electron chi connectivity index (χ3n) is 5.41. The standard InChI is InChI=1S/C25H20N2O2S/c28-23-14-17(13-19-9-6-8-18-7-4-5-12-21(18)19)15-24-27(23)22(16-30-24)25(29)26-20-10-2-1-3-11-20/h1-12,14-15,22H,13,16H2,(H,26,29)/t22-/m0/s1. The third-order valence-corrected chi connectivity index (χ3v) is 6.50. The van der Waals surface area contributed by atoms with Gasteiger partial charge in [-0.15, -0.1) is 11.8 Å². The summed E-state index contributed by atoms with van der Waals surface area (Å²) in [7, 11) is 0. The first kappa shape index (κ1) is 18.7. The molecule has 5 rings (SSSR count). The topological polar surface area (TPSA) is 51.1 Å². The second kappa shape index (κ2) is 7.84. The molecule has 1 aliphatic rings. The van der Waals surface area contributed by atoms with Gasteiger partial charge >= 0.3 is 0 Å². The molecule has 0 spiro atoms. The minimum Gasteiger partial charge on any atom is -0.324 e. The predicted octanol–water partition coefficient (Wildman–Crippen LogP) is 4.88. The predicted molar refractivity (Wildman–Crippen MR) is 122 cm³/mol. The van der Waals surface area contributed by atoms with E-state index in [4.69, 9.17) is 0 Å². The molecular formula is C25H20N2O2S. The molecule has 2 heterocycles. The van der Waals surface area contributed by atoms with Crippen LogP contribution < -0.4 is 10.9 Å². The number of carbonyl (C=O) groups excluding carboxylic acids is 1. The lowest BCUT2D eigenvalue weighted by atomic mass is 9.99. The highest BCUT2D eigenvalue weighted by Gasteiger charge is 2.30. The normalized spacial score (nSPS) is 15.1. The molecule has 3 aromatic carbocycles. The van der Waals surface area contributed by atoms with Crippen LogP contribution in [0.5, 0.6) is 0 Å². The van der Waals surface area contributed by atoms with E-state index in [1.54, 1.807) is 22.4 Å². The molecule has 148 valence electrons. The number of nitrogens with one attached hydrogen (secondary N) is 1. The fraction of sp³-hybridized carbons (Fsp3) is 0.120. The summed E-state index contributed by atoms with van der Waals surface area (Å²) in [5, 5.41) is 6.16. The second-order valence-corrected chi connectivity index (χ2v) is 8.45. The molecule has 1 N–H and O–H groups in total. The molecular weight excluding hydrogens is 392 g/mol. The third kappa shape index (κ3) is 3.53. The summed E-state index contributed by atoms with van der Waals surface area (Å²) in [5.74, 6) is 0.405. The lowest BCUT2D eigenvalue weighted by Crippen LogP contribution is -2.32. The smallest absolute Gasteiger partial charge is 0.252 e. The van der Waals surface area contributed by atoms with Crippen molar-refractivity contribution in [2.45, 2.75) is 17.5 Å². The van der Waals surface area contributed by atoms with Crippen LogP contribution in [0.15, 0.2) is 94.7 Å². The molecule has 0 saturated heterocycles. The van der Waals surface area contributed by atoms with Gasteiger partial charge in [-0.25, -0.2) is 0 Å². The van der Waals surface area contributed by atoms with Crippen molar-refractivity contribution in [3.8, 4) is 0 Å². The Kier molecular flexibility index (Phi) is 4.89. The Morgan fingerprint density at radius 1 is 0.967 bits per heavy atom. The van der Waals surface area contributed by atoms with Gasteiger partial charge in [0.05, 0.1) is 5.03 Å². The van der Waals surface area contributed by atoms with E-state index in [0.29, 0.717) is 12.2 Å². The van der Waals surface area contributed by atoms with E-state index in [9.17, 15) is 9.59 Å². The zero-order valence-corrected chi connectivity index (χ0v) is 17.1. The highest BCUT2D eigenvalue weighted by molar-refractivity contribution is 7.99. The molecule has 0 fully saturated rings. The van der Waals surface area contributed by atoms with Crippen LogP contribution in [0.2, 0.25) is 0 Å². The first-order valence-electron chi connectivity index (χ1n) is 9.90. The van der Waals surface area contributed by atoms with Gasteiger partial charge < -0.3 is 5.32 Å². The van der Waals surface area contributed by atoms with Gasteiger partial charge in [0, 0.05) is 17.5 Å². The Bertz CT molecular complexity index is 1290. The minimum atomic E-state index is -0.496. The number of hydrogen-bond acceptors (Lipinski definition) is 3. The average molecular weight is 413 g/mol. The number of pyridine rings is 1. The summed E-state index contributed by atoms with van der Waals surface area (Å²) in [6.07, 6.45) is 0.686. The van der Waals surface area contributed by atoms with E-state index < -0.39 is 6.04 Å². The fourth-order valence-corrected chi connectivity index (χ4v) is 5.19. The molecule has 1 aliphatic heterocycles. The molecule has 0 unspecified atom stereocenters. The second-order valence-electron chi connectivity index (χ2n) is 7.41. The lowest BCUT2D eigenvalue weighted by molar-refractivity contribution is -0.118. The van der Waals surface area contributed by atoms with Crippen LogP contribution >= 0.6 is 11.8 Å². The molecule has 4 nitrogen and oxygen atoms in total. The number of benzene rings is 3. The Morgan fingerprint density at radius 2 is 1.73 bits per heavy atom. The van der Waals surface area contributed by atoms with E-state index in [1.165, 1.54) is 16.3 Å². The van der Waals surface area contributed by atoms with Gasteiger partial charge in [0.25, 0.3) is 5.56 Å². The first-order chi connectivity index (χ1) is 14.7. The highest BCUT2D eigenvalue weighted by Crippen LogP contribution is 2.33. The van der Waals surface area contributed by atoms with Crippen LogP contribution in [0.4, 0.5) is 5.69 Å². The maximum absolute atomic E-state index is 12.9. The van der Waals surface area contributed by atoms with Gasteiger partial charge in [-0.05, 0) is 46.5 Å². The summed E-state index contributed by atoms with van der Waals surface area (Å²) in [6.45, 7) is 0. The number of aromatic nitrogens is 1. The Labute approximate surface area is 178 Å². The highest BCUT2D eigenvalue weighted by atomic mass is 32.2. The lowest BCUT2D eigenvalue weighted by Gasteiger charge is -2.15. The van der Waals surface area contributed by atoms with E-state index in [0.717, 1.165) is 16.3 Å². The molecule has 0 radical (unpaired) electrons. The number of thioether (sulfide) groups is 1. The maximum Gasteiger partial charge on any atom is 0.252 e. The fourth-order valence-electron chi connectivity index (χ4n) is 3.97. The number of nitrogens with zero attached hydrogens (tertiary/aromatic N) is 1. The summed E-state index contributed by atoms with van der Waals surface area (Å²) >= 11 is 1.56. The van der Waals surface area contributed by atoms with Crippen molar-refractivity contribution in [3.63, 3.8) is 0 Å². The summed E-state index contributed by atoms with van der Waals surface area (Å²) in [6, 6.07) is 27.1. The van der Waals surface area contributed by atoms with E-state index in [2.05, 4.69) is 35.6 Å². The van der Waals surface area contributed by atoms with Crippen LogP contribution in [0.25, 0.3) is 10.8 Å². The van der Waals surface area contributed by atoms with Gasteiger partial charge in [-0.2, -0.15) is 0 Å². The van der Waals surface area contributed by atoms with Crippen molar-refractivity contribution in [2.24, 2.45) is 0 Å². The van der Waals surface area contributed by atoms with Crippen LogP contribution in [-0.2, 0) is 11.2 Å². The van der Waals surface area contributed by atoms with E-state index in [1.807, 2.05) is 48.5 Å². The summed E-state index contributed by atoms with van der Waals surface area (Å²) < 4.78 is 1.62. The molecule has 0 bridgehead atoms. The average Bonchev–Trinajstić information content (AvgIpc) is 3.20. The van der Waals surface area contributed by atoms with Crippen LogP contribution in [0.1, 0.15) is 17.2 Å². The van der Waals surface area contributed by atoms with Gasteiger partial charge in [0.15, 0.2) is 0 Å². The number of hydrogen-bond donors (Lipinski definition) is 1. The largest absolute Gasteiger partial charge is 0.324 e. The molecule has 1 atom stereocenters. The van der Waals surface area contributed by atoms with Crippen molar-refractivity contribution < 1.29 is 4.79 Å². The SMILES string of the molecule is O=C(Nc1ccccc1)[C@@H]1CSc2cc(Cc3cccc4ccccc34)cc(=O)n21. The van der Waals surface area contributed by atoms with Crippen LogP contribution in [0, 0.1) is 0 Å². The van der Waals surface area contributed by atoms with Crippen LogP contribution in [0.3, 0.4) is 0 Å². The van der Waals surface area contributed by atoms with Gasteiger partial charge in [0.2, 0.25) is 5.91 Å². The number of amides is 1. The molecule has 5 heteroatoms. The van der Waals surface area contributed by atoms with Crippen molar-refractivity contribution >= 4 is 34.1 Å². The first-order valence-corrected chi connectivity index (χ1v) is 10.9. The number of carbonyl (C=O) groups is 1. The maximum atomic E-state index is 12.9. The van der Waals surface area contributed by atoms with Crippen molar-refractivity contribution in [1.82, 2.24) is 4.57 Å². The summed E-state index contributed by atoms with van der Waals surface area (Å²) in [5.41, 5.74) is 2.78. The summed E-state index contributed by atoms with van der Waals surface area (Å²) in [4.78, 5) is 25.7. The molecule has 4 aromatic rings. The van der Waals surface area contributed by atoms with Gasteiger partial charge in [-0.1, -0.05) is 60.7 Å². The van der Waals surface area contributed by atoms with Gasteiger partial charge in [-0.3, -0.25) is 14.2 Å². The molecule has 1 amide bonds. The Hall–Kier alpha value is -3.31. The van der Waals surface area contributed by atoms with Crippen LogP contribution in [-0.4, -0.2) is 16.2 Å². The Morgan fingerprint density at radius 3 is 2.60 bits per heavy atom. The zero-order chi connectivity index (χ0) is 20.5. The van der Waals surface area contributed by atoms with Crippen molar-refractivity contribution in [2.75, 3.05) is 11.1 Å². The van der Waals surface area contributed by atoms with Crippen molar-refractivity contribution in [3.05, 3.63) is 106 Å². The molecule has 0 saturated carbocycles. The Balaban J connectivity index is 1.43. The quantitative estimate of drug-likeness (QED) is 0.520. The van der Waals surface area contributed by atoms with Gasteiger partial charge in [0.1, 0.15) is 6.04 Å². The molecule has 30 heavy (non-hydrogen) atoms. The number of fused-ring (bicyclic) bond motifs is 2. The van der Waals surface area contributed by atoms with E-state index in [-0.39, 0.29) is 11.5 Å². The zero-order valence-electron chi connectivity index (χ0n) is 16.2. The number of para-hydroxylation sites is 1. The number of rotatable bonds is 4. The number of anilines is 1. The molecule has 1 aromatic heterocycles. The minimum absolute atomic E-state index is 0.124. The van der Waals surface area contributed by atoms with E-state index >= 15 is 0 Å². The van der Waals surface area contributed by atoms with Crippen molar-refractivity contribution in [1.29, 1.82) is 0 Å². The monoisotopic (exact) mass is 412 g/mol. The molecule has 0 aliphatic carbocycles.